The van der Waals surface area contributed by atoms with E-state index in [0.29, 0.717) is 30.0 Å². The fourth-order valence-electron chi connectivity index (χ4n) is 4.97. The van der Waals surface area contributed by atoms with Crippen molar-refractivity contribution in [2.24, 2.45) is 5.41 Å². The Morgan fingerprint density at radius 3 is 2.71 bits per heavy atom. The molecule has 206 valence electrons. The number of nitrogens with zero attached hydrogens (tertiary/aromatic N) is 2. The summed E-state index contributed by atoms with van der Waals surface area (Å²) >= 11 is 1.52. The summed E-state index contributed by atoms with van der Waals surface area (Å²) in [5.74, 6) is 0.350. The number of hydrogen-bond acceptors (Lipinski definition) is 6. The lowest BCUT2D eigenvalue weighted by atomic mass is 9.71. The highest BCUT2D eigenvalue weighted by molar-refractivity contribution is 8.15. The number of benzene rings is 3. The van der Waals surface area contributed by atoms with Crippen LogP contribution in [0.3, 0.4) is 0 Å². The van der Waals surface area contributed by atoms with Crippen LogP contribution in [0, 0.1) is 16.7 Å². The van der Waals surface area contributed by atoms with Crippen LogP contribution in [0.25, 0.3) is 10.6 Å². The Morgan fingerprint density at radius 1 is 1.17 bits per heavy atom. The molecule has 0 bridgehead atoms. The first-order chi connectivity index (χ1) is 20.0. The molecule has 1 aromatic heterocycles. The molecule has 2 N–H and O–H groups in total. The number of amides is 2. The third-order valence-electron chi connectivity index (χ3n) is 7.47. The van der Waals surface area contributed by atoms with E-state index in [1.54, 1.807) is 12.3 Å². The van der Waals surface area contributed by atoms with Gasteiger partial charge in [0.25, 0.3) is 11.8 Å². The number of fused-ring (bicyclic) bond motifs is 2. The van der Waals surface area contributed by atoms with Gasteiger partial charge in [-0.15, -0.1) is 21.8 Å². The van der Waals surface area contributed by atoms with Crippen molar-refractivity contribution >= 4 is 44.7 Å². The lowest BCUT2D eigenvalue weighted by Crippen LogP contribution is -2.34. The van der Waals surface area contributed by atoms with Gasteiger partial charge < -0.3 is 15.4 Å². The maximum atomic E-state index is 13.1. The van der Waals surface area contributed by atoms with E-state index in [0.717, 1.165) is 50.3 Å². The van der Waals surface area contributed by atoms with Gasteiger partial charge in [0.15, 0.2) is 0 Å². The molecule has 4 aromatic rings. The fourth-order valence-corrected chi connectivity index (χ4v) is 7.75. The van der Waals surface area contributed by atoms with Gasteiger partial charge in [-0.25, -0.2) is 4.98 Å². The van der Waals surface area contributed by atoms with E-state index in [1.165, 1.54) is 11.3 Å². The molecule has 1 aliphatic carbocycles. The second-order valence-corrected chi connectivity index (χ2v) is 13.2. The summed E-state index contributed by atoms with van der Waals surface area (Å²) in [5, 5.41) is 18.3. The average molecular weight is 581 g/mol. The lowest BCUT2D eigenvalue weighted by Gasteiger charge is -2.34. The number of aromatic nitrogens is 1. The Balaban J connectivity index is 1.10. The first-order valence-electron chi connectivity index (χ1n) is 13.4. The SMILES string of the molecule is C/C=S1/c2ccc(C(=O)NCc3cnc(-c4ccc(OCC5(C#N)CCC5)cc4)s3)cc2NC(=O)c2ccccc21. The maximum Gasteiger partial charge on any atom is 0.256 e. The molecular formula is C32H28N4O3S2. The summed E-state index contributed by atoms with van der Waals surface area (Å²) in [6.07, 6.45) is 4.66. The minimum atomic E-state index is -0.383. The number of carbonyl (C=O) groups is 2. The number of thiazole rings is 1. The number of hydrogen-bond donors (Lipinski definition) is 2. The fraction of sp³-hybridized carbons (Fsp3) is 0.219. The van der Waals surface area contributed by atoms with E-state index in [2.05, 4.69) is 27.1 Å². The van der Waals surface area contributed by atoms with Gasteiger partial charge >= 0.3 is 0 Å². The number of ether oxygens (including phenoxy) is 1. The van der Waals surface area contributed by atoms with Crippen LogP contribution in [0.15, 0.2) is 82.7 Å². The van der Waals surface area contributed by atoms with E-state index < -0.39 is 0 Å². The van der Waals surface area contributed by atoms with Gasteiger partial charge in [0.1, 0.15) is 17.4 Å². The summed E-state index contributed by atoms with van der Waals surface area (Å²) < 4.78 is 5.87. The molecule has 1 atom stereocenters. The zero-order valence-electron chi connectivity index (χ0n) is 22.5. The molecule has 2 aliphatic rings. The Bertz CT molecular complexity index is 1720. The highest BCUT2D eigenvalue weighted by Crippen LogP contribution is 2.44. The molecule has 7 nitrogen and oxygen atoms in total. The van der Waals surface area contributed by atoms with Crippen molar-refractivity contribution in [1.29, 1.82) is 5.26 Å². The van der Waals surface area contributed by atoms with Crippen LogP contribution in [-0.2, 0) is 6.54 Å². The highest BCUT2D eigenvalue weighted by atomic mass is 32.2. The van der Waals surface area contributed by atoms with Crippen molar-refractivity contribution in [3.8, 4) is 22.4 Å². The van der Waals surface area contributed by atoms with Crippen LogP contribution < -0.4 is 15.4 Å². The second-order valence-electron chi connectivity index (χ2n) is 10.1. The van der Waals surface area contributed by atoms with E-state index in [-0.39, 0.29) is 27.7 Å². The summed E-state index contributed by atoms with van der Waals surface area (Å²) in [6.45, 7) is 2.76. The quantitative estimate of drug-likeness (QED) is 0.232. The zero-order chi connectivity index (χ0) is 28.4. The molecule has 1 aliphatic heterocycles. The van der Waals surface area contributed by atoms with Gasteiger partial charge in [0.2, 0.25) is 0 Å². The molecular weight excluding hydrogens is 553 g/mol. The second kappa shape index (κ2) is 11.3. The molecule has 1 fully saturated rings. The molecule has 0 spiro atoms. The monoisotopic (exact) mass is 580 g/mol. The van der Waals surface area contributed by atoms with E-state index in [1.807, 2.05) is 67.6 Å². The van der Waals surface area contributed by atoms with Gasteiger partial charge in [-0.05, 0) is 74.4 Å². The molecule has 1 saturated carbocycles. The molecule has 2 amide bonds. The molecule has 2 heterocycles. The molecule has 3 aromatic carbocycles. The Hall–Kier alpha value is -4.26. The van der Waals surface area contributed by atoms with Gasteiger partial charge in [-0.2, -0.15) is 5.26 Å². The smallest absolute Gasteiger partial charge is 0.256 e. The van der Waals surface area contributed by atoms with Gasteiger partial charge in [-0.1, -0.05) is 23.9 Å². The first kappa shape index (κ1) is 26.9. The summed E-state index contributed by atoms with van der Waals surface area (Å²) in [4.78, 5) is 33.4. The topological polar surface area (TPSA) is 104 Å². The number of nitrogens with one attached hydrogen (secondary N) is 2. The minimum Gasteiger partial charge on any atom is -0.492 e. The third-order valence-corrected chi connectivity index (χ3v) is 10.6. The van der Waals surface area contributed by atoms with Crippen LogP contribution in [0.2, 0.25) is 0 Å². The van der Waals surface area contributed by atoms with Crippen LogP contribution in [-0.4, -0.2) is 28.8 Å². The molecule has 1 unspecified atom stereocenters. The predicted octanol–water partition coefficient (Wildman–Crippen LogP) is 6.89. The largest absolute Gasteiger partial charge is 0.492 e. The normalized spacial score (nSPS) is 16.8. The van der Waals surface area contributed by atoms with Crippen molar-refractivity contribution < 1.29 is 14.3 Å². The number of anilines is 1. The standard InChI is InChI=1S/C32H28N4O3S2/c1-2-41-27-7-4-3-6-25(27)30(38)36-26-16-22(10-13-28(26)41)29(37)34-17-24-18-35-31(40-24)21-8-11-23(12-9-21)39-20-32(19-33)14-5-15-32/h2-4,6-13,16,18H,5,14-15,17,20H2,1H3,(H,34,37)(H,36,38). The summed E-state index contributed by atoms with van der Waals surface area (Å²) in [5.41, 5.74) is 2.42. The maximum absolute atomic E-state index is 13.1. The van der Waals surface area contributed by atoms with Crippen LogP contribution >= 0.6 is 21.8 Å². The molecule has 9 heteroatoms. The Morgan fingerprint density at radius 2 is 1.98 bits per heavy atom. The minimum absolute atomic E-state index is 0.169. The number of rotatable bonds is 7. The summed E-state index contributed by atoms with van der Waals surface area (Å²) in [6, 6.07) is 23.2. The van der Waals surface area contributed by atoms with Gasteiger partial charge in [0.05, 0.1) is 29.3 Å². The van der Waals surface area contributed by atoms with Gasteiger partial charge in [-0.3, -0.25) is 9.59 Å². The van der Waals surface area contributed by atoms with Crippen molar-refractivity contribution in [3.63, 3.8) is 0 Å². The van der Waals surface area contributed by atoms with Gasteiger partial charge in [0, 0.05) is 32.0 Å². The molecule has 0 radical (unpaired) electrons. The first-order valence-corrected chi connectivity index (χ1v) is 15.5. The van der Waals surface area contributed by atoms with Crippen molar-refractivity contribution in [1.82, 2.24) is 10.3 Å². The van der Waals surface area contributed by atoms with E-state index in [9.17, 15) is 14.9 Å². The third kappa shape index (κ3) is 5.41. The summed E-state index contributed by atoms with van der Waals surface area (Å²) in [7, 11) is -0.383. The van der Waals surface area contributed by atoms with E-state index in [4.69, 9.17) is 4.74 Å². The van der Waals surface area contributed by atoms with Crippen LogP contribution in [0.5, 0.6) is 5.75 Å². The Labute approximate surface area is 245 Å². The van der Waals surface area contributed by atoms with Crippen molar-refractivity contribution in [2.75, 3.05) is 11.9 Å². The van der Waals surface area contributed by atoms with Crippen molar-refractivity contribution in [3.05, 3.63) is 88.9 Å². The molecule has 41 heavy (non-hydrogen) atoms. The number of carbonyl (C=O) groups excluding carboxylic acids is 2. The molecule has 0 saturated heterocycles. The molecule has 6 rings (SSSR count). The number of nitriles is 1. The lowest BCUT2D eigenvalue weighted by molar-refractivity contribution is 0.0949. The van der Waals surface area contributed by atoms with E-state index >= 15 is 0 Å². The Kier molecular flexibility index (Phi) is 7.43. The average Bonchev–Trinajstić information content (AvgIpc) is 3.42. The van der Waals surface area contributed by atoms with Crippen molar-refractivity contribution in [2.45, 2.75) is 42.5 Å². The predicted molar refractivity (Wildman–Crippen MR) is 163 cm³/mol. The zero-order valence-corrected chi connectivity index (χ0v) is 24.1. The van der Waals surface area contributed by atoms with Crippen LogP contribution in [0.1, 0.15) is 51.8 Å². The van der Waals surface area contributed by atoms with Crippen LogP contribution in [0.4, 0.5) is 5.69 Å². The highest BCUT2D eigenvalue weighted by Gasteiger charge is 2.38.